The van der Waals surface area contributed by atoms with E-state index in [9.17, 15) is 18.3 Å². The number of carbonyl (C=O) groups is 1. The molecule has 1 aromatic carbocycles. The van der Waals surface area contributed by atoms with Gasteiger partial charge in [0.05, 0.1) is 16.6 Å². The number of phenols is 1. The maximum Gasteiger partial charge on any atom is 0.253 e. The van der Waals surface area contributed by atoms with Crippen molar-refractivity contribution in [2.24, 2.45) is 0 Å². The molecule has 0 spiro atoms. The van der Waals surface area contributed by atoms with Gasteiger partial charge in [-0.25, -0.2) is 8.42 Å². The molecule has 1 aromatic rings. The number of anilines is 1. The lowest BCUT2D eigenvalue weighted by Crippen LogP contribution is -2.34. The molecule has 0 aromatic heterocycles. The second kappa shape index (κ2) is 5.08. The van der Waals surface area contributed by atoms with E-state index in [2.05, 4.69) is 5.32 Å². The Labute approximate surface area is 111 Å². The van der Waals surface area contributed by atoms with Gasteiger partial charge in [0, 0.05) is 12.2 Å². The summed E-state index contributed by atoms with van der Waals surface area (Å²) in [5, 5.41) is 11.4. The Morgan fingerprint density at radius 3 is 2.84 bits per heavy atom. The predicted octanol–water partition coefficient (Wildman–Crippen LogP) is 0.281. The topological polar surface area (TPSA) is 109 Å². The van der Waals surface area contributed by atoms with Crippen LogP contribution in [0.15, 0.2) is 18.2 Å². The van der Waals surface area contributed by atoms with Crippen LogP contribution in [-0.4, -0.2) is 37.0 Å². The van der Waals surface area contributed by atoms with Crippen LogP contribution in [0, 0.1) is 0 Å². The van der Waals surface area contributed by atoms with Gasteiger partial charge >= 0.3 is 0 Å². The van der Waals surface area contributed by atoms with Gasteiger partial charge in [0.25, 0.3) is 5.91 Å². The van der Waals surface area contributed by atoms with E-state index in [-0.39, 0.29) is 29.3 Å². The number of nitrogens with one attached hydrogen (secondary N) is 1. The summed E-state index contributed by atoms with van der Waals surface area (Å²) >= 11 is 0. The Hall–Kier alpha value is -1.76. The number of nitrogens with two attached hydrogens (primary N) is 1. The minimum Gasteiger partial charge on any atom is -0.508 e. The van der Waals surface area contributed by atoms with Gasteiger partial charge in [0.1, 0.15) is 5.75 Å². The van der Waals surface area contributed by atoms with Crippen molar-refractivity contribution in [3.8, 4) is 5.75 Å². The van der Waals surface area contributed by atoms with Crippen LogP contribution in [0.25, 0.3) is 0 Å². The van der Waals surface area contributed by atoms with Crippen LogP contribution in [0.1, 0.15) is 23.2 Å². The van der Waals surface area contributed by atoms with E-state index in [4.69, 9.17) is 5.73 Å². The lowest BCUT2D eigenvalue weighted by atomic mass is 10.1. The number of nitrogen functional groups attached to an aromatic ring is 1. The fourth-order valence-corrected chi connectivity index (χ4v) is 3.90. The highest BCUT2D eigenvalue weighted by Crippen LogP contribution is 2.20. The normalized spacial score (nSPS) is 21.2. The van der Waals surface area contributed by atoms with Gasteiger partial charge in [-0.3, -0.25) is 4.79 Å². The highest BCUT2D eigenvalue weighted by atomic mass is 32.2. The molecule has 1 amide bonds. The third-order valence-electron chi connectivity index (χ3n) is 3.23. The molecule has 7 heteroatoms. The van der Waals surface area contributed by atoms with E-state index >= 15 is 0 Å². The minimum absolute atomic E-state index is 0.0622. The lowest BCUT2D eigenvalue weighted by Gasteiger charge is -2.12. The maximum absolute atomic E-state index is 11.9. The molecule has 1 unspecified atom stereocenters. The van der Waals surface area contributed by atoms with Crippen molar-refractivity contribution in [3.63, 3.8) is 0 Å². The summed E-state index contributed by atoms with van der Waals surface area (Å²) in [4.78, 5) is 11.9. The van der Waals surface area contributed by atoms with E-state index in [1.54, 1.807) is 0 Å². The third-order valence-corrected chi connectivity index (χ3v) is 5.51. The summed E-state index contributed by atoms with van der Waals surface area (Å²) in [6.07, 6.45) is 1.20. The Morgan fingerprint density at radius 2 is 2.21 bits per heavy atom. The summed E-state index contributed by atoms with van der Waals surface area (Å²) in [5.41, 5.74) is 6.03. The van der Waals surface area contributed by atoms with Crippen LogP contribution in [-0.2, 0) is 9.84 Å². The molecule has 19 heavy (non-hydrogen) atoms. The first kappa shape index (κ1) is 13.7. The van der Waals surface area contributed by atoms with Crippen LogP contribution in [0.3, 0.4) is 0 Å². The van der Waals surface area contributed by atoms with E-state index in [1.165, 1.54) is 18.2 Å². The molecule has 0 radical (unpaired) electrons. The predicted molar refractivity (Wildman–Crippen MR) is 71.7 cm³/mol. The van der Waals surface area contributed by atoms with E-state index in [0.717, 1.165) is 0 Å². The number of amides is 1. The zero-order valence-electron chi connectivity index (χ0n) is 10.3. The number of rotatable bonds is 3. The SMILES string of the molecule is Nc1ccc(O)cc1C(=O)NCC1CCCS1(=O)=O. The Kier molecular flexibility index (Phi) is 3.66. The van der Waals surface area contributed by atoms with Gasteiger partial charge in [0.15, 0.2) is 9.84 Å². The average molecular weight is 284 g/mol. The zero-order valence-corrected chi connectivity index (χ0v) is 11.1. The largest absolute Gasteiger partial charge is 0.508 e. The quantitative estimate of drug-likeness (QED) is 0.545. The fraction of sp³-hybridized carbons (Fsp3) is 0.417. The molecular weight excluding hydrogens is 268 g/mol. The number of carbonyl (C=O) groups excluding carboxylic acids is 1. The van der Waals surface area contributed by atoms with E-state index in [0.29, 0.717) is 12.8 Å². The van der Waals surface area contributed by atoms with Crippen molar-refractivity contribution in [2.45, 2.75) is 18.1 Å². The molecule has 4 N–H and O–H groups in total. The van der Waals surface area contributed by atoms with E-state index < -0.39 is 21.0 Å². The zero-order chi connectivity index (χ0) is 14.0. The van der Waals surface area contributed by atoms with Crippen molar-refractivity contribution in [3.05, 3.63) is 23.8 Å². The van der Waals surface area contributed by atoms with Gasteiger partial charge in [-0.05, 0) is 31.0 Å². The Balaban J connectivity index is 2.04. The van der Waals surface area contributed by atoms with Crippen LogP contribution >= 0.6 is 0 Å². The number of aromatic hydroxyl groups is 1. The van der Waals surface area contributed by atoms with Gasteiger partial charge in [-0.15, -0.1) is 0 Å². The van der Waals surface area contributed by atoms with Gasteiger partial charge in [0.2, 0.25) is 0 Å². The molecule has 2 rings (SSSR count). The molecule has 0 bridgehead atoms. The molecular formula is C12H16N2O4S. The maximum atomic E-state index is 11.9. The third kappa shape index (κ3) is 2.98. The van der Waals surface area contributed by atoms with Crippen LogP contribution < -0.4 is 11.1 Å². The van der Waals surface area contributed by atoms with Gasteiger partial charge in [-0.1, -0.05) is 0 Å². The summed E-state index contributed by atoms with van der Waals surface area (Å²) in [6.45, 7) is 0.0796. The number of phenolic OH excluding ortho intramolecular Hbond substituents is 1. The molecule has 1 fully saturated rings. The first-order valence-corrected chi connectivity index (χ1v) is 7.70. The van der Waals surface area contributed by atoms with Gasteiger partial charge < -0.3 is 16.2 Å². The number of sulfone groups is 1. The average Bonchev–Trinajstić information content (AvgIpc) is 2.68. The molecule has 104 valence electrons. The minimum atomic E-state index is -3.08. The summed E-state index contributed by atoms with van der Waals surface area (Å²) < 4.78 is 23.2. The number of hydrogen-bond acceptors (Lipinski definition) is 5. The molecule has 0 saturated carbocycles. The first-order valence-electron chi connectivity index (χ1n) is 5.98. The lowest BCUT2D eigenvalue weighted by molar-refractivity contribution is 0.0954. The Bertz CT molecular complexity index is 598. The van der Waals surface area contributed by atoms with Crippen molar-refractivity contribution in [1.82, 2.24) is 5.32 Å². The summed E-state index contributed by atoms with van der Waals surface area (Å²) in [7, 11) is -3.08. The molecule has 6 nitrogen and oxygen atoms in total. The van der Waals surface area contributed by atoms with Crippen molar-refractivity contribution in [2.75, 3.05) is 18.0 Å². The molecule has 1 aliphatic heterocycles. The molecule has 1 heterocycles. The van der Waals surface area contributed by atoms with Crippen LogP contribution in [0.4, 0.5) is 5.69 Å². The second-order valence-corrected chi connectivity index (χ2v) is 7.01. The van der Waals surface area contributed by atoms with Crippen LogP contribution in [0.2, 0.25) is 0 Å². The number of benzene rings is 1. The van der Waals surface area contributed by atoms with Crippen LogP contribution in [0.5, 0.6) is 5.75 Å². The smallest absolute Gasteiger partial charge is 0.253 e. The second-order valence-electron chi connectivity index (χ2n) is 4.61. The summed E-state index contributed by atoms with van der Waals surface area (Å²) in [6, 6.07) is 4.07. The van der Waals surface area contributed by atoms with Crippen molar-refractivity contribution < 1.29 is 18.3 Å². The Morgan fingerprint density at radius 1 is 1.47 bits per heavy atom. The fourth-order valence-electron chi connectivity index (χ4n) is 2.13. The van der Waals surface area contributed by atoms with E-state index in [1.807, 2.05) is 0 Å². The summed E-state index contributed by atoms with van der Waals surface area (Å²) in [5.74, 6) is -0.356. The number of hydrogen-bond donors (Lipinski definition) is 3. The van der Waals surface area contributed by atoms with Crippen molar-refractivity contribution >= 4 is 21.4 Å². The molecule has 1 saturated heterocycles. The standard InChI is InChI=1S/C12H16N2O4S/c13-11-4-3-8(15)6-10(11)12(16)14-7-9-2-1-5-19(9,17)18/h3-4,6,9,15H,1-2,5,7,13H2,(H,14,16). The molecule has 0 aliphatic carbocycles. The highest BCUT2D eigenvalue weighted by Gasteiger charge is 2.31. The molecule has 1 atom stereocenters. The molecule has 1 aliphatic rings. The first-order chi connectivity index (χ1) is 8.90. The monoisotopic (exact) mass is 284 g/mol. The highest BCUT2D eigenvalue weighted by molar-refractivity contribution is 7.92. The van der Waals surface area contributed by atoms with Crippen molar-refractivity contribution in [1.29, 1.82) is 0 Å². The van der Waals surface area contributed by atoms with Gasteiger partial charge in [-0.2, -0.15) is 0 Å².